The van der Waals surface area contributed by atoms with Crippen molar-refractivity contribution in [3.8, 4) is 0 Å². The van der Waals surface area contributed by atoms with Crippen LogP contribution >= 0.6 is 11.6 Å². The van der Waals surface area contributed by atoms with E-state index in [9.17, 15) is 14.5 Å². The number of hydrogen-bond acceptors (Lipinski definition) is 2. The van der Waals surface area contributed by atoms with Crippen molar-refractivity contribution in [1.82, 2.24) is 0 Å². The Morgan fingerprint density at radius 2 is 2.21 bits per heavy atom. The summed E-state index contributed by atoms with van der Waals surface area (Å²) >= 11 is 5.48. The average Bonchev–Trinajstić information content (AvgIpc) is 2.16. The van der Waals surface area contributed by atoms with Crippen molar-refractivity contribution in [1.29, 1.82) is 0 Å². The zero-order valence-electron chi connectivity index (χ0n) is 7.37. The van der Waals surface area contributed by atoms with E-state index < -0.39 is 16.4 Å². The van der Waals surface area contributed by atoms with E-state index in [0.29, 0.717) is 12.3 Å². The first-order valence-electron chi connectivity index (χ1n) is 4.14. The van der Waals surface area contributed by atoms with Gasteiger partial charge in [0.2, 0.25) is 5.82 Å². The quantitative estimate of drug-likeness (QED) is 0.442. The minimum absolute atomic E-state index is 0.475. The third-order valence-corrected chi connectivity index (χ3v) is 2.07. The molecule has 0 aliphatic carbocycles. The first-order valence-corrected chi connectivity index (χ1v) is 4.67. The summed E-state index contributed by atoms with van der Waals surface area (Å²) in [7, 11) is 0. The number of nitro groups is 1. The molecule has 3 nitrogen and oxygen atoms in total. The van der Waals surface area contributed by atoms with Crippen molar-refractivity contribution in [2.45, 2.75) is 12.8 Å². The molecule has 0 spiro atoms. The van der Waals surface area contributed by atoms with Crippen LogP contribution in [-0.4, -0.2) is 10.8 Å². The van der Waals surface area contributed by atoms with Crippen LogP contribution in [0.4, 0.5) is 10.1 Å². The van der Waals surface area contributed by atoms with Crippen LogP contribution in [-0.2, 0) is 6.42 Å². The highest BCUT2D eigenvalue weighted by atomic mass is 35.5. The highest BCUT2D eigenvalue weighted by Crippen LogP contribution is 2.19. The molecule has 14 heavy (non-hydrogen) atoms. The molecular formula is C9H9ClFNO2. The molecule has 0 N–H and O–H groups in total. The van der Waals surface area contributed by atoms with Gasteiger partial charge in [0.05, 0.1) is 4.92 Å². The zero-order valence-corrected chi connectivity index (χ0v) is 8.13. The van der Waals surface area contributed by atoms with Gasteiger partial charge in [0, 0.05) is 11.9 Å². The zero-order chi connectivity index (χ0) is 10.6. The standard InChI is InChI=1S/C9H9ClFNO2/c10-5-1-2-7-3-4-8(11)9(6-7)12(13)14/h3-4,6H,1-2,5H2. The minimum Gasteiger partial charge on any atom is -0.258 e. The van der Waals surface area contributed by atoms with E-state index in [1.807, 2.05) is 0 Å². The summed E-state index contributed by atoms with van der Waals surface area (Å²) in [5.41, 5.74) is 0.260. The number of rotatable bonds is 4. The normalized spacial score (nSPS) is 10.1. The lowest BCUT2D eigenvalue weighted by atomic mass is 10.1. The van der Waals surface area contributed by atoms with Gasteiger partial charge in [-0.15, -0.1) is 11.6 Å². The largest absolute Gasteiger partial charge is 0.305 e. The van der Waals surface area contributed by atoms with Crippen molar-refractivity contribution in [3.63, 3.8) is 0 Å². The van der Waals surface area contributed by atoms with Crippen LogP contribution in [0.15, 0.2) is 18.2 Å². The Balaban J connectivity index is 2.89. The van der Waals surface area contributed by atoms with Crippen LogP contribution in [0.25, 0.3) is 0 Å². The molecule has 0 heterocycles. The maximum Gasteiger partial charge on any atom is 0.305 e. The summed E-state index contributed by atoms with van der Waals surface area (Å²) in [5.74, 6) is -0.310. The Hall–Kier alpha value is -1.16. The summed E-state index contributed by atoms with van der Waals surface area (Å²) in [4.78, 5) is 9.66. The SMILES string of the molecule is O=[N+]([O-])c1cc(CCCCl)ccc1F. The Morgan fingerprint density at radius 1 is 1.50 bits per heavy atom. The molecular weight excluding hydrogens is 209 g/mol. The number of aryl methyl sites for hydroxylation is 1. The fraction of sp³-hybridized carbons (Fsp3) is 0.333. The van der Waals surface area contributed by atoms with E-state index >= 15 is 0 Å². The molecule has 0 atom stereocenters. The second-order valence-electron chi connectivity index (χ2n) is 2.84. The van der Waals surface area contributed by atoms with Crippen LogP contribution in [0.1, 0.15) is 12.0 Å². The third kappa shape index (κ3) is 2.67. The molecule has 0 aliphatic heterocycles. The minimum atomic E-state index is -0.801. The predicted molar refractivity (Wildman–Crippen MR) is 52.1 cm³/mol. The number of nitro benzene ring substituents is 1. The number of alkyl halides is 1. The van der Waals surface area contributed by atoms with Crippen molar-refractivity contribution in [3.05, 3.63) is 39.7 Å². The lowest BCUT2D eigenvalue weighted by Gasteiger charge is -1.99. The van der Waals surface area contributed by atoms with Gasteiger partial charge in [-0.1, -0.05) is 6.07 Å². The summed E-state index contributed by atoms with van der Waals surface area (Å²) in [5, 5.41) is 10.4. The van der Waals surface area contributed by atoms with Gasteiger partial charge >= 0.3 is 5.69 Å². The molecule has 1 rings (SSSR count). The monoisotopic (exact) mass is 217 g/mol. The van der Waals surface area contributed by atoms with Crippen LogP contribution in [0.3, 0.4) is 0 Å². The Labute approximate surface area is 85.6 Å². The van der Waals surface area contributed by atoms with Gasteiger partial charge in [-0.05, 0) is 24.5 Å². The molecule has 0 aliphatic rings. The Bertz CT molecular complexity index is 344. The van der Waals surface area contributed by atoms with Gasteiger partial charge in [-0.2, -0.15) is 4.39 Å². The topological polar surface area (TPSA) is 43.1 Å². The molecule has 5 heteroatoms. The van der Waals surface area contributed by atoms with E-state index in [4.69, 9.17) is 11.6 Å². The molecule has 0 unspecified atom stereocenters. The van der Waals surface area contributed by atoms with Gasteiger partial charge in [-0.25, -0.2) is 0 Å². The average molecular weight is 218 g/mol. The van der Waals surface area contributed by atoms with Crippen LogP contribution in [0.5, 0.6) is 0 Å². The van der Waals surface area contributed by atoms with Crippen molar-refractivity contribution >= 4 is 17.3 Å². The molecule has 0 saturated heterocycles. The Kier molecular flexibility index (Phi) is 3.83. The molecule has 0 aromatic heterocycles. The summed E-state index contributed by atoms with van der Waals surface area (Å²) in [6, 6.07) is 3.90. The maximum absolute atomic E-state index is 12.9. The fourth-order valence-electron chi connectivity index (χ4n) is 1.12. The van der Waals surface area contributed by atoms with Crippen LogP contribution in [0.2, 0.25) is 0 Å². The number of hydrogen-bond donors (Lipinski definition) is 0. The fourth-order valence-corrected chi connectivity index (χ4v) is 1.26. The molecule has 0 bridgehead atoms. The van der Waals surface area contributed by atoms with Crippen LogP contribution < -0.4 is 0 Å². The summed E-state index contributed by atoms with van der Waals surface area (Å²) in [6.07, 6.45) is 1.36. The third-order valence-electron chi connectivity index (χ3n) is 1.81. The molecule has 0 amide bonds. The van der Waals surface area contributed by atoms with E-state index in [0.717, 1.165) is 18.1 Å². The van der Waals surface area contributed by atoms with Gasteiger partial charge in [0.1, 0.15) is 0 Å². The molecule has 0 fully saturated rings. The molecule has 0 radical (unpaired) electrons. The molecule has 0 saturated carbocycles. The van der Waals surface area contributed by atoms with Crippen molar-refractivity contribution in [2.75, 3.05) is 5.88 Å². The van der Waals surface area contributed by atoms with Gasteiger partial charge in [0.15, 0.2) is 0 Å². The lowest BCUT2D eigenvalue weighted by Crippen LogP contribution is -1.95. The molecule has 1 aromatic rings. The van der Waals surface area contributed by atoms with E-state index in [1.54, 1.807) is 0 Å². The van der Waals surface area contributed by atoms with Crippen molar-refractivity contribution < 1.29 is 9.31 Å². The predicted octanol–water partition coefficient (Wildman–Crippen LogP) is 2.91. The van der Waals surface area contributed by atoms with Gasteiger partial charge in [-0.3, -0.25) is 10.1 Å². The summed E-state index contributed by atoms with van der Waals surface area (Å²) < 4.78 is 12.9. The first kappa shape index (κ1) is 10.9. The smallest absolute Gasteiger partial charge is 0.258 e. The van der Waals surface area contributed by atoms with Gasteiger partial charge in [0.25, 0.3) is 0 Å². The number of nitrogens with zero attached hydrogens (tertiary/aromatic N) is 1. The molecule has 76 valence electrons. The van der Waals surface area contributed by atoms with E-state index in [-0.39, 0.29) is 0 Å². The Morgan fingerprint density at radius 3 is 2.79 bits per heavy atom. The van der Waals surface area contributed by atoms with Gasteiger partial charge < -0.3 is 0 Å². The van der Waals surface area contributed by atoms with E-state index in [1.165, 1.54) is 12.1 Å². The maximum atomic E-state index is 12.9. The summed E-state index contributed by atoms with van der Waals surface area (Å²) in [6.45, 7) is 0. The second-order valence-corrected chi connectivity index (χ2v) is 3.21. The number of benzene rings is 1. The lowest BCUT2D eigenvalue weighted by molar-refractivity contribution is -0.387. The highest BCUT2D eigenvalue weighted by Gasteiger charge is 2.13. The first-order chi connectivity index (χ1) is 6.65. The van der Waals surface area contributed by atoms with E-state index in [2.05, 4.69) is 0 Å². The number of halogens is 2. The van der Waals surface area contributed by atoms with Crippen molar-refractivity contribution in [2.24, 2.45) is 0 Å². The van der Waals surface area contributed by atoms with Crippen LogP contribution in [0, 0.1) is 15.9 Å². The molecule has 1 aromatic carbocycles. The highest BCUT2D eigenvalue weighted by molar-refractivity contribution is 6.17. The second kappa shape index (κ2) is 4.91.